The second kappa shape index (κ2) is 13.6. The van der Waals surface area contributed by atoms with E-state index in [1.165, 1.54) is 0 Å². The number of benzene rings is 2. The Labute approximate surface area is 211 Å². The molecule has 1 saturated heterocycles. The molecule has 35 heavy (non-hydrogen) atoms. The maximum atomic E-state index is 13.0. The second-order valence-electron chi connectivity index (χ2n) is 8.44. The van der Waals surface area contributed by atoms with Crippen molar-refractivity contribution in [1.29, 1.82) is 5.41 Å². The van der Waals surface area contributed by atoms with Gasteiger partial charge >= 0.3 is 5.97 Å². The molecular formula is C25H32ClN5O4. The number of amidine groups is 1. The molecule has 0 saturated carbocycles. The number of carboxylic acids is 1. The number of likely N-dealkylation sites (tertiary alicyclic amines) is 1. The van der Waals surface area contributed by atoms with Crippen molar-refractivity contribution in [3.8, 4) is 0 Å². The fourth-order valence-corrected chi connectivity index (χ4v) is 4.12. The van der Waals surface area contributed by atoms with Crippen molar-refractivity contribution in [2.24, 2.45) is 5.73 Å². The Kier molecular flexibility index (Phi) is 10.8. The smallest absolute Gasteiger partial charge is 0.317 e. The molecule has 1 aliphatic rings. The number of nitrogens with two attached hydrogens (primary N) is 1. The molecule has 0 aliphatic carbocycles. The summed E-state index contributed by atoms with van der Waals surface area (Å²) in [4.78, 5) is 38.9. The average molecular weight is 502 g/mol. The number of imide groups is 1. The lowest BCUT2D eigenvalue weighted by molar-refractivity contribution is -0.136. The van der Waals surface area contributed by atoms with Gasteiger partial charge in [0.05, 0.1) is 18.6 Å². The molecule has 0 aromatic heterocycles. The Morgan fingerprint density at radius 3 is 2.40 bits per heavy atom. The molecule has 2 amide bonds. The maximum Gasteiger partial charge on any atom is 0.317 e. The number of aliphatic carboxylic acids is 1. The molecule has 188 valence electrons. The van der Waals surface area contributed by atoms with E-state index in [1.807, 2.05) is 47.4 Å². The van der Waals surface area contributed by atoms with E-state index in [0.29, 0.717) is 31.4 Å². The number of carbonyl (C=O) groups is 3. The number of nitrogen functional groups attached to an aromatic ring is 1. The Hall–Kier alpha value is -3.27. The number of nitrogens with zero attached hydrogens (tertiary/aromatic N) is 1. The monoisotopic (exact) mass is 501 g/mol. The number of nitrogens with one attached hydrogen (secondary N) is 3. The molecule has 2 aromatic rings. The van der Waals surface area contributed by atoms with E-state index in [9.17, 15) is 14.4 Å². The number of carboxylic acid groups (broad SMARTS) is 1. The van der Waals surface area contributed by atoms with Crippen LogP contribution in [0.25, 0.3) is 0 Å². The largest absolute Gasteiger partial charge is 0.480 e. The quantitative estimate of drug-likeness (QED) is 0.232. The van der Waals surface area contributed by atoms with Crippen LogP contribution in [-0.4, -0.2) is 58.8 Å². The first-order valence-corrected chi connectivity index (χ1v) is 11.3. The number of hydrogen-bond donors (Lipinski definition) is 5. The molecule has 1 aliphatic heterocycles. The Bertz CT molecular complexity index is 1020. The van der Waals surface area contributed by atoms with Crippen LogP contribution in [-0.2, 0) is 27.3 Å². The number of carbonyl (C=O) groups excluding carboxylic acids is 2. The Morgan fingerprint density at radius 1 is 1.09 bits per heavy atom. The predicted octanol–water partition coefficient (Wildman–Crippen LogP) is 1.68. The van der Waals surface area contributed by atoms with Crippen LogP contribution in [0.15, 0.2) is 54.6 Å². The highest BCUT2D eigenvalue weighted by molar-refractivity contribution is 6.00. The van der Waals surface area contributed by atoms with Crippen LogP contribution < -0.4 is 16.4 Å². The van der Waals surface area contributed by atoms with E-state index >= 15 is 0 Å². The normalized spacial score (nSPS) is 16.2. The van der Waals surface area contributed by atoms with Crippen LogP contribution in [0.1, 0.15) is 36.0 Å². The minimum Gasteiger partial charge on any atom is -0.480 e. The van der Waals surface area contributed by atoms with Gasteiger partial charge in [-0.25, -0.2) is 0 Å². The van der Waals surface area contributed by atoms with Gasteiger partial charge in [-0.05, 0) is 43.4 Å². The molecule has 2 atom stereocenters. The van der Waals surface area contributed by atoms with Crippen LogP contribution in [0.3, 0.4) is 0 Å². The highest BCUT2D eigenvalue weighted by atomic mass is 35.5. The van der Waals surface area contributed by atoms with E-state index in [0.717, 1.165) is 24.1 Å². The van der Waals surface area contributed by atoms with E-state index in [2.05, 4.69) is 10.6 Å². The van der Waals surface area contributed by atoms with Crippen LogP contribution in [0.4, 0.5) is 0 Å². The van der Waals surface area contributed by atoms with Crippen LogP contribution in [0.5, 0.6) is 0 Å². The van der Waals surface area contributed by atoms with Gasteiger partial charge in [0.2, 0.25) is 11.8 Å². The van der Waals surface area contributed by atoms with Crippen molar-refractivity contribution in [2.75, 3.05) is 13.1 Å². The van der Waals surface area contributed by atoms with Gasteiger partial charge in [-0.3, -0.25) is 35.3 Å². The molecule has 10 heteroatoms. The molecule has 1 fully saturated rings. The first-order chi connectivity index (χ1) is 16.3. The minimum atomic E-state index is -1.07. The lowest BCUT2D eigenvalue weighted by Gasteiger charge is -2.24. The van der Waals surface area contributed by atoms with Gasteiger partial charge < -0.3 is 10.8 Å². The second-order valence-corrected chi connectivity index (χ2v) is 8.44. The summed E-state index contributed by atoms with van der Waals surface area (Å²) in [6, 6.07) is 15.7. The van der Waals surface area contributed by atoms with Gasteiger partial charge in [0.1, 0.15) is 5.84 Å². The first kappa shape index (κ1) is 28.0. The van der Waals surface area contributed by atoms with Crippen molar-refractivity contribution in [3.05, 3.63) is 71.3 Å². The van der Waals surface area contributed by atoms with Crippen LogP contribution >= 0.6 is 12.4 Å². The fourth-order valence-electron chi connectivity index (χ4n) is 4.12. The zero-order valence-corrected chi connectivity index (χ0v) is 20.2. The van der Waals surface area contributed by atoms with E-state index < -0.39 is 24.0 Å². The van der Waals surface area contributed by atoms with Gasteiger partial charge in [-0.2, -0.15) is 0 Å². The number of halogens is 1. The summed E-state index contributed by atoms with van der Waals surface area (Å²) >= 11 is 0. The third-order valence-corrected chi connectivity index (χ3v) is 5.94. The first-order valence-electron chi connectivity index (χ1n) is 11.3. The molecule has 0 unspecified atom stereocenters. The van der Waals surface area contributed by atoms with Crippen molar-refractivity contribution >= 4 is 36.0 Å². The number of amides is 2. The third-order valence-electron chi connectivity index (χ3n) is 5.94. The average Bonchev–Trinajstić information content (AvgIpc) is 3.28. The molecule has 9 nitrogen and oxygen atoms in total. The van der Waals surface area contributed by atoms with Crippen molar-refractivity contribution in [3.63, 3.8) is 0 Å². The maximum absolute atomic E-state index is 13.0. The van der Waals surface area contributed by atoms with Gasteiger partial charge in [-0.15, -0.1) is 12.4 Å². The van der Waals surface area contributed by atoms with E-state index in [4.69, 9.17) is 16.2 Å². The fraction of sp³-hybridized carbons (Fsp3) is 0.360. The molecule has 0 spiro atoms. The lowest BCUT2D eigenvalue weighted by atomic mass is 10.0. The van der Waals surface area contributed by atoms with Gasteiger partial charge in [0.25, 0.3) is 0 Å². The molecule has 6 N–H and O–H groups in total. The highest BCUT2D eigenvalue weighted by Gasteiger charge is 2.32. The molecule has 0 radical (unpaired) electrons. The van der Waals surface area contributed by atoms with E-state index in [-0.39, 0.29) is 30.7 Å². The zero-order chi connectivity index (χ0) is 24.5. The molecule has 0 bridgehead atoms. The topological polar surface area (TPSA) is 149 Å². The Morgan fingerprint density at radius 2 is 1.77 bits per heavy atom. The summed E-state index contributed by atoms with van der Waals surface area (Å²) in [7, 11) is 0. The van der Waals surface area contributed by atoms with Gasteiger partial charge in [0, 0.05) is 12.1 Å². The van der Waals surface area contributed by atoms with E-state index in [1.54, 1.807) is 12.1 Å². The summed E-state index contributed by atoms with van der Waals surface area (Å²) in [5.41, 5.74) is 8.16. The Balaban J connectivity index is 0.00000432. The summed E-state index contributed by atoms with van der Waals surface area (Å²) in [6.07, 6.45) is 2.42. The highest BCUT2D eigenvalue weighted by Crippen LogP contribution is 2.20. The SMILES string of the molecule is Cl.N=C(N)c1ccc(CN2CCC[C@H]2C(=O)NC(=O)[C@@H](CCc2ccccc2)NCC(=O)O)cc1. The number of hydrogen-bond acceptors (Lipinski definition) is 6. The summed E-state index contributed by atoms with van der Waals surface area (Å²) < 4.78 is 0. The minimum absolute atomic E-state index is 0. The molecular weight excluding hydrogens is 470 g/mol. The standard InChI is InChI=1S/C25H31N5O4.ClH/c26-23(27)19-11-8-18(9-12-19)16-30-14-4-7-21(30)25(34)29-24(33)20(28-15-22(31)32)13-10-17-5-2-1-3-6-17;/h1-3,5-6,8-9,11-12,20-21,28H,4,7,10,13-16H2,(H3,26,27)(H,31,32)(H,29,33,34);1H/t20-,21+;/m1./s1. The van der Waals surface area contributed by atoms with Gasteiger partial charge in [-0.1, -0.05) is 54.6 Å². The summed E-state index contributed by atoms with van der Waals surface area (Å²) in [6.45, 7) is 0.904. The summed E-state index contributed by atoms with van der Waals surface area (Å²) in [5, 5.41) is 21.8. The molecule has 3 rings (SSSR count). The van der Waals surface area contributed by atoms with Crippen molar-refractivity contribution < 1.29 is 19.5 Å². The van der Waals surface area contributed by atoms with Crippen molar-refractivity contribution in [2.45, 2.75) is 44.3 Å². The van der Waals surface area contributed by atoms with Crippen LogP contribution in [0, 0.1) is 5.41 Å². The van der Waals surface area contributed by atoms with Crippen LogP contribution in [0.2, 0.25) is 0 Å². The summed E-state index contributed by atoms with van der Waals surface area (Å²) in [5.74, 6) is -1.95. The van der Waals surface area contributed by atoms with Gasteiger partial charge in [0.15, 0.2) is 0 Å². The molecule has 1 heterocycles. The van der Waals surface area contributed by atoms with Crippen molar-refractivity contribution in [1.82, 2.24) is 15.5 Å². The third kappa shape index (κ3) is 8.47. The molecule has 2 aromatic carbocycles. The predicted molar refractivity (Wildman–Crippen MR) is 135 cm³/mol. The number of aryl methyl sites for hydroxylation is 1. The zero-order valence-electron chi connectivity index (χ0n) is 19.4. The lowest BCUT2D eigenvalue weighted by Crippen LogP contribution is -2.52. The number of rotatable bonds is 11.